The summed E-state index contributed by atoms with van der Waals surface area (Å²) in [5.74, 6) is -0.691. The number of nitrogens with zero attached hydrogens (tertiary/aromatic N) is 3. The number of carboxylic acid groups (broad SMARTS) is 1. The number of rotatable bonds is 3. The molecule has 2 rings (SSSR count). The molecule has 2 aromatic rings. The van der Waals surface area contributed by atoms with Crippen LogP contribution in [-0.2, 0) is 0 Å². The first kappa shape index (κ1) is 11.1. The van der Waals surface area contributed by atoms with Crippen LogP contribution in [-0.4, -0.2) is 28.3 Å². The molecule has 1 heterocycles. The Hall–Kier alpha value is -2.43. The Morgan fingerprint density at radius 1 is 1.24 bits per heavy atom. The molecule has 1 aromatic carbocycles. The van der Waals surface area contributed by atoms with E-state index in [1.807, 2.05) is 30.3 Å². The highest BCUT2D eigenvalue weighted by atomic mass is 16.4. The number of para-hydroxylation sites is 1. The molecule has 17 heavy (non-hydrogen) atoms. The van der Waals surface area contributed by atoms with Crippen molar-refractivity contribution in [3.63, 3.8) is 0 Å². The minimum atomic E-state index is -1.02. The van der Waals surface area contributed by atoms with E-state index in [4.69, 9.17) is 5.11 Å². The Bertz CT molecular complexity index is 528. The predicted octanol–water partition coefficient (Wildman–Crippen LogP) is 1.94. The molecule has 0 fully saturated rings. The second-order valence-corrected chi connectivity index (χ2v) is 3.47. The van der Waals surface area contributed by atoms with E-state index in [0.29, 0.717) is 5.82 Å². The summed E-state index contributed by atoms with van der Waals surface area (Å²) in [6, 6.07) is 10.8. The number of hydrogen-bond acceptors (Lipinski definition) is 4. The summed E-state index contributed by atoms with van der Waals surface area (Å²) >= 11 is 0. The van der Waals surface area contributed by atoms with Crippen molar-refractivity contribution in [3.05, 3.63) is 48.2 Å². The smallest absolute Gasteiger partial charge is 0.339 e. The second kappa shape index (κ2) is 4.61. The first-order chi connectivity index (χ1) is 8.20. The SMILES string of the molecule is CN(c1ccccc1)c1nnccc1C(=O)O. The van der Waals surface area contributed by atoms with E-state index in [1.54, 1.807) is 11.9 Å². The average Bonchev–Trinajstić information content (AvgIpc) is 2.39. The quantitative estimate of drug-likeness (QED) is 0.871. The van der Waals surface area contributed by atoms with Crippen LogP contribution in [0, 0.1) is 0 Å². The first-order valence-corrected chi connectivity index (χ1v) is 5.04. The fraction of sp³-hybridized carbons (Fsp3) is 0.0833. The molecule has 0 bridgehead atoms. The van der Waals surface area contributed by atoms with Gasteiger partial charge >= 0.3 is 5.97 Å². The van der Waals surface area contributed by atoms with Gasteiger partial charge in [0.2, 0.25) is 0 Å². The summed E-state index contributed by atoms with van der Waals surface area (Å²) in [5, 5.41) is 16.7. The summed E-state index contributed by atoms with van der Waals surface area (Å²) in [4.78, 5) is 12.8. The lowest BCUT2D eigenvalue weighted by molar-refractivity contribution is 0.0697. The van der Waals surface area contributed by atoms with E-state index >= 15 is 0 Å². The molecule has 5 heteroatoms. The van der Waals surface area contributed by atoms with Crippen molar-refractivity contribution in [3.8, 4) is 0 Å². The van der Waals surface area contributed by atoms with Crippen LogP contribution in [0.3, 0.4) is 0 Å². The number of anilines is 2. The summed E-state index contributed by atoms with van der Waals surface area (Å²) in [6.45, 7) is 0. The molecule has 0 atom stereocenters. The zero-order valence-corrected chi connectivity index (χ0v) is 9.24. The average molecular weight is 229 g/mol. The molecule has 86 valence electrons. The fourth-order valence-corrected chi connectivity index (χ4v) is 1.51. The molecule has 0 aliphatic rings. The summed E-state index contributed by atoms with van der Waals surface area (Å²) in [7, 11) is 1.76. The van der Waals surface area contributed by atoms with Gasteiger partial charge in [0, 0.05) is 12.7 Å². The lowest BCUT2D eigenvalue weighted by Crippen LogP contribution is -2.16. The molecule has 0 amide bonds. The Kier molecular flexibility index (Phi) is 3.00. The van der Waals surface area contributed by atoms with Crippen LogP contribution in [0.2, 0.25) is 0 Å². The summed E-state index contributed by atoms with van der Waals surface area (Å²) < 4.78 is 0. The molecule has 0 spiro atoms. The minimum Gasteiger partial charge on any atom is -0.478 e. The highest BCUT2D eigenvalue weighted by Gasteiger charge is 2.15. The lowest BCUT2D eigenvalue weighted by atomic mass is 10.2. The third-order valence-electron chi connectivity index (χ3n) is 2.39. The second-order valence-electron chi connectivity index (χ2n) is 3.47. The highest BCUT2D eigenvalue weighted by molar-refractivity contribution is 5.94. The van der Waals surface area contributed by atoms with Crippen molar-refractivity contribution < 1.29 is 9.90 Å². The lowest BCUT2D eigenvalue weighted by Gasteiger charge is -2.18. The van der Waals surface area contributed by atoms with Crippen molar-refractivity contribution in [2.24, 2.45) is 0 Å². The van der Waals surface area contributed by atoms with E-state index in [0.717, 1.165) is 5.69 Å². The zero-order valence-electron chi connectivity index (χ0n) is 9.24. The maximum absolute atomic E-state index is 11.1. The summed E-state index contributed by atoms with van der Waals surface area (Å²) in [5.41, 5.74) is 0.988. The Labute approximate surface area is 98.3 Å². The normalized spacial score (nSPS) is 9.94. The molecule has 0 unspecified atom stereocenters. The van der Waals surface area contributed by atoms with Crippen LogP contribution in [0.15, 0.2) is 42.6 Å². The molecule has 5 nitrogen and oxygen atoms in total. The van der Waals surface area contributed by atoms with Gasteiger partial charge in [-0.1, -0.05) is 18.2 Å². The van der Waals surface area contributed by atoms with Gasteiger partial charge in [-0.2, -0.15) is 5.10 Å². The fourth-order valence-electron chi connectivity index (χ4n) is 1.51. The van der Waals surface area contributed by atoms with Crippen molar-refractivity contribution in [1.82, 2.24) is 10.2 Å². The molecule has 0 saturated carbocycles. The molecule has 1 aromatic heterocycles. The molecular formula is C12H11N3O2. The molecule has 0 aliphatic heterocycles. The van der Waals surface area contributed by atoms with E-state index in [1.165, 1.54) is 12.3 Å². The number of benzene rings is 1. The van der Waals surface area contributed by atoms with Gasteiger partial charge in [-0.3, -0.25) is 0 Å². The van der Waals surface area contributed by atoms with Crippen molar-refractivity contribution in [2.45, 2.75) is 0 Å². The topological polar surface area (TPSA) is 66.3 Å². The standard InChI is InChI=1S/C12H11N3O2/c1-15(9-5-3-2-4-6-9)11-10(12(16)17)7-8-13-14-11/h2-8H,1H3,(H,16,17). The van der Waals surface area contributed by atoms with E-state index < -0.39 is 5.97 Å². The molecule has 0 saturated heterocycles. The number of aromatic carboxylic acids is 1. The number of aromatic nitrogens is 2. The van der Waals surface area contributed by atoms with Gasteiger partial charge in [0.15, 0.2) is 5.82 Å². The minimum absolute atomic E-state index is 0.131. The summed E-state index contributed by atoms with van der Waals surface area (Å²) in [6.07, 6.45) is 1.37. The van der Waals surface area contributed by atoms with Crippen LogP contribution < -0.4 is 4.90 Å². The Morgan fingerprint density at radius 2 is 1.94 bits per heavy atom. The van der Waals surface area contributed by atoms with Crippen molar-refractivity contribution >= 4 is 17.5 Å². The number of carboxylic acids is 1. The van der Waals surface area contributed by atoms with Gasteiger partial charge in [-0.15, -0.1) is 5.10 Å². The molecular weight excluding hydrogens is 218 g/mol. The molecule has 1 N–H and O–H groups in total. The Morgan fingerprint density at radius 3 is 2.59 bits per heavy atom. The van der Waals surface area contributed by atoms with E-state index in [9.17, 15) is 4.79 Å². The highest BCUT2D eigenvalue weighted by Crippen LogP contribution is 2.23. The third kappa shape index (κ3) is 2.23. The predicted molar refractivity (Wildman–Crippen MR) is 63.5 cm³/mol. The van der Waals surface area contributed by atoms with Gasteiger partial charge in [0.25, 0.3) is 0 Å². The van der Waals surface area contributed by atoms with Crippen molar-refractivity contribution in [2.75, 3.05) is 11.9 Å². The number of hydrogen-bond donors (Lipinski definition) is 1. The molecule has 0 aliphatic carbocycles. The van der Waals surface area contributed by atoms with Gasteiger partial charge in [0.1, 0.15) is 5.56 Å². The van der Waals surface area contributed by atoms with E-state index in [2.05, 4.69) is 10.2 Å². The largest absolute Gasteiger partial charge is 0.478 e. The van der Waals surface area contributed by atoms with Crippen LogP contribution in [0.5, 0.6) is 0 Å². The van der Waals surface area contributed by atoms with Gasteiger partial charge in [-0.25, -0.2) is 4.79 Å². The van der Waals surface area contributed by atoms with Crippen LogP contribution >= 0.6 is 0 Å². The van der Waals surface area contributed by atoms with Crippen LogP contribution in [0.25, 0.3) is 0 Å². The monoisotopic (exact) mass is 229 g/mol. The van der Waals surface area contributed by atoms with Gasteiger partial charge in [-0.05, 0) is 18.2 Å². The van der Waals surface area contributed by atoms with Gasteiger partial charge < -0.3 is 10.0 Å². The van der Waals surface area contributed by atoms with Gasteiger partial charge in [0.05, 0.1) is 6.20 Å². The van der Waals surface area contributed by atoms with Crippen LogP contribution in [0.1, 0.15) is 10.4 Å². The van der Waals surface area contributed by atoms with Crippen LogP contribution in [0.4, 0.5) is 11.5 Å². The zero-order chi connectivity index (χ0) is 12.3. The number of carbonyl (C=O) groups is 1. The first-order valence-electron chi connectivity index (χ1n) is 5.04. The molecule has 0 radical (unpaired) electrons. The Balaban J connectivity index is 2.44. The maximum atomic E-state index is 11.1. The van der Waals surface area contributed by atoms with Crippen molar-refractivity contribution in [1.29, 1.82) is 0 Å². The maximum Gasteiger partial charge on any atom is 0.339 e. The third-order valence-corrected chi connectivity index (χ3v) is 2.39. The van der Waals surface area contributed by atoms with E-state index in [-0.39, 0.29) is 5.56 Å².